The van der Waals surface area contributed by atoms with Crippen LogP contribution in [-0.4, -0.2) is 87.8 Å². The molecule has 2 unspecified atom stereocenters. The molecule has 0 radical (unpaired) electrons. The highest BCUT2D eigenvalue weighted by atomic mass is 31.3. The lowest BCUT2D eigenvalue weighted by Crippen LogP contribution is -2.44. The topological polar surface area (TPSA) is 282 Å². The van der Waals surface area contributed by atoms with E-state index in [4.69, 9.17) is 20.3 Å². The summed E-state index contributed by atoms with van der Waals surface area (Å²) in [5.74, 6) is 0.235. The molecule has 22 heteroatoms. The average molecular weight is 564 g/mol. The van der Waals surface area contributed by atoms with Gasteiger partial charge in [-0.2, -0.15) is 18.6 Å². The second-order valence-corrected chi connectivity index (χ2v) is 12.1. The van der Waals surface area contributed by atoms with Crippen LogP contribution in [0.1, 0.15) is 13.2 Å². The van der Waals surface area contributed by atoms with Crippen molar-refractivity contribution in [2.24, 2.45) is 0 Å². The molecule has 1 aliphatic heterocycles. The molecular formula is C13H23N6O13P3. The molecule has 0 saturated carbocycles. The smallest absolute Gasteiger partial charge is 0.387 e. The summed E-state index contributed by atoms with van der Waals surface area (Å²) in [6.07, 6.45) is -3.39. The van der Waals surface area contributed by atoms with Gasteiger partial charge in [0.1, 0.15) is 17.8 Å². The van der Waals surface area contributed by atoms with Gasteiger partial charge in [0.2, 0.25) is 5.95 Å². The highest BCUT2D eigenvalue weighted by molar-refractivity contribution is 7.66. The fourth-order valence-corrected chi connectivity index (χ4v) is 6.28. The number of nitrogens with two attached hydrogens (primary N) is 1. The monoisotopic (exact) mass is 564 g/mol. The molecule has 3 rings (SSSR count). The molecule has 0 amide bonds. The Morgan fingerprint density at radius 2 is 1.80 bits per heavy atom. The van der Waals surface area contributed by atoms with E-state index < -0.39 is 54.1 Å². The number of anilines is 2. The molecule has 198 valence electrons. The zero-order chi connectivity index (χ0) is 26.6. The van der Waals surface area contributed by atoms with E-state index in [9.17, 15) is 33.7 Å². The van der Waals surface area contributed by atoms with Crippen molar-refractivity contribution < 1.29 is 61.4 Å². The van der Waals surface area contributed by atoms with E-state index in [0.717, 1.165) is 0 Å². The third-order valence-electron chi connectivity index (χ3n) is 4.67. The van der Waals surface area contributed by atoms with Crippen LogP contribution < -0.4 is 10.6 Å². The molecule has 1 saturated heterocycles. The third-order valence-corrected chi connectivity index (χ3v) is 8.47. The van der Waals surface area contributed by atoms with E-state index >= 15 is 0 Å². The van der Waals surface area contributed by atoms with E-state index in [1.54, 1.807) is 19.0 Å². The first kappa shape index (κ1) is 28.0. The number of nitrogens with zero attached hydrogens (tertiary/aromatic N) is 5. The molecule has 6 atom stereocenters. The summed E-state index contributed by atoms with van der Waals surface area (Å²) in [5, 5.41) is 21.4. The first-order valence-corrected chi connectivity index (χ1v) is 13.9. The van der Waals surface area contributed by atoms with Gasteiger partial charge >= 0.3 is 23.5 Å². The van der Waals surface area contributed by atoms with Crippen molar-refractivity contribution in [2.75, 3.05) is 31.3 Å². The van der Waals surface area contributed by atoms with E-state index in [0.29, 0.717) is 5.82 Å². The summed E-state index contributed by atoms with van der Waals surface area (Å²) in [4.78, 5) is 49.9. The Bertz CT molecular complexity index is 1250. The van der Waals surface area contributed by atoms with Crippen molar-refractivity contribution in [3.8, 4) is 0 Å². The molecule has 0 aromatic carbocycles. The molecule has 0 bridgehead atoms. The molecule has 1 fully saturated rings. The van der Waals surface area contributed by atoms with Crippen LogP contribution in [0.2, 0.25) is 0 Å². The molecule has 19 nitrogen and oxygen atoms in total. The number of hydrogen-bond acceptors (Lipinski definition) is 14. The van der Waals surface area contributed by atoms with Crippen molar-refractivity contribution in [2.45, 2.75) is 31.0 Å². The number of aliphatic hydroxyl groups excluding tert-OH is 1. The van der Waals surface area contributed by atoms with Gasteiger partial charge in [-0.3, -0.25) is 9.09 Å². The van der Waals surface area contributed by atoms with Gasteiger partial charge in [0.25, 0.3) is 0 Å². The molecular weight excluding hydrogens is 541 g/mol. The van der Waals surface area contributed by atoms with Gasteiger partial charge in [0, 0.05) is 14.1 Å². The zero-order valence-electron chi connectivity index (χ0n) is 18.2. The van der Waals surface area contributed by atoms with Gasteiger partial charge < -0.3 is 45.2 Å². The first-order chi connectivity index (χ1) is 15.8. The van der Waals surface area contributed by atoms with Crippen molar-refractivity contribution in [1.29, 1.82) is 0 Å². The Hall–Kier alpha value is -1.56. The summed E-state index contributed by atoms with van der Waals surface area (Å²) >= 11 is 0. The number of imidazole rings is 1. The summed E-state index contributed by atoms with van der Waals surface area (Å²) in [6, 6.07) is 0. The Morgan fingerprint density at radius 3 is 2.37 bits per heavy atom. The van der Waals surface area contributed by atoms with Crippen LogP contribution in [0.5, 0.6) is 0 Å². The number of aliphatic hydroxyl groups is 2. The highest BCUT2D eigenvalue weighted by Crippen LogP contribution is 2.66. The van der Waals surface area contributed by atoms with Crippen molar-refractivity contribution >= 4 is 46.4 Å². The van der Waals surface area contributed by atoms with Gasteiger partial charge in [-0.05, 0) is 6.92 Å². The number of phosphoric acid groups is 3. The maximum absolute atomic E-state index is 12.0. The second-order valence-electron chi connectivity index (χ2n) is 7.71. The quantitative estimate of drug-likeness (QED) is 0.177. The minimum atomic E-state index is -5.73. The number of hydrogen-bond donors (Lipinski definition) is 7. The van der Waals surface area contributed by atoms with Crippen LogP contribution in [0, 0.1) is 0 Å². The zero-order valence-corrected chi connectivity index (χ0v) is 20.9. The van der Waals surface area contributed by atoms with Crippen molar-refractivity contribution in [3.05, 3.63) is 6.33 Å². The number of rotatable bonds is 9. The summed E-state index contributed by atoms with van der Waals surface area (Å²) in [5.41, 5.74) is 4.13. The second kappa shape index (κ2) is 9.39. The number of phosphoric ester groups is 1. The summed E-state index contributed by atoms with van der Waals surface area (Å²) in [7, 11) is -13.4. The first-order valence-electron chi connectivity index (χ1n) is 9.34. The minimum absolute atomic E-state index is 0.120. The maximum Gasteiger partial charge on any atom is 0.490 e. The summed E-state index contributed by atoms with van der Waals surface area (Å²) in [6.45, 7) is 0.209. The molecule has 3 heterocycles. The molecule has 2 aromatic heterocycles. The van der Waals surface area contributed by atoms with Crippen LogP contribution in [0.4, 0.5) is 11.8 Å². The molecule has 0 aliphatic carbocycles. The number of ether oxygens (including phenoxy) is 1. The third kappa shape index (κ3) is 6.23. The minimum Gasteiger partial charge on any atom is -0.387 e. The van der Waals surface area contributed by atoms with Gasteiger partial charge in [-0.1, -0.05) is 0 Å². The molecule has 2 aromatic rings. The fourth-order valence-electron chi connectivity index (χ4n) is 3.25. The number of aromatic nitrogens is 4. The van der Waals surface area contributed by atoms with Crippen LogP contribution in [-0.2, 0) is 31.6 Å². The highest BCUT2D eigenvalue weighted by Gasteiger charge is 2.54. The largest absolute Gasteiger partial charge is 0.490 e. The number of nitrogen functional groups attached to an aromatic ring is 1. The van der Waals surface area contributed by atoms with Gasteiger partial charge in [-0.25, -0.2) is 18.7 Å². The lowest BCUT2D eigenvalue weighted by Gasteiger charge is -2.27. The van der Waals surface area contributed by atoms with Gasteiger partial charge in [-0.15, -0.1) is 0 Å². The maximum atomic E-state index is 12.0. The van der Waals surface area contributed by atoms with Crippen LogP contribution >= 0.6 is 23.5 Å². The molecule has 35 heavy (non-hydrogen) atoms. The van der Waals surface area contributed by atoms with Gasteiger partial charge in [0.05, 0.1) is 12.9 Å². The Morgan fingerprint density at radius 1 is 1.17 bits per heavy atom. The Labute approximate surface area is 196 Å². The van der Waals surface area contributed by atoms with E-state index in [-0.39, 0.29) is 17.1 Å². The fraction of sp³-hybridized carbons (Fsp3) is 0.615. The van der Waals surface area contributed by atoms with Gasteiger partial charge in [0.15, 0.2) is 23.2 Å². The predicted molar refractivity (Wildman–Crippen MR) is 114 cm³/mol. The van der Waals surface area contributed by atoms with Crippen LogP contribution in [0.25, 0.3) is 11.2 Å². The molecule has 0 spiro atoms. The lowest BCUT2D eigenvalue weighted by atomic mass is 9.96. The summed E-state index contributed by atoms with van der Waals surface area (Å²) < 4.78 is 52.7. The average Bonchev–Trinajstić information content (AvgIpc) is 3.15. The Kier molecular flexibility index (Phi) is 7.52. The van der Waals surface area contributed by atoms with Crippen LogP contribution in [0.15, 0.2) is 6.33 Å². The molecule has 1 aliphatic rings. The van der Waals surface area contributed by atoms with Crippen molar-refractivity contribution in [3.63, 3.8) is 0 Å². The lowest BCUT2D eigenvalue weighted by molar-refractivity contribution is -0.0949. The van der Waals surface area contributed by atoms with Crippen LogP contribution in [0.3, 0.4) is 0 Å². The van der Waals surface area contributed by atoms with Crippen molar-refractivity contribution in [1.82, 2.24) is 19.5 Å². The van der Waals surface area contributed by atoms with E-state index in [1.165, 1.54) is 17.8 Å². The Balaban J connectivity index is 1.81. The molecule has 8 N–H and O–H groups in total. The van der Waals surface area contributed by atoms with E-state index in [2.05, 4.69) is 28.1 Å². The number of fused-ring (bicyclic) bond motifs is 1. The standard InChI is InChI=1S/C13H23N6O13P3/c1-13(21)8(20)6(4-29-34(25,26)32-35(27,28)31-33(22,23)24)30-11(13)19-5-15-7-9(18(2)3)16-12(14)17-10(7)19/h5-6,8,11,20-21H,4H2,1-3H3,(H,25,26)(H,27,28)(H2,14,16,17)(H2,22,23,24)/t6-,8-,11-,13-/m1/s1. The van der Waals surface area contributed by atoms with E-state index in [1.807, 2.05) is 0 Å². The SMILES string of the molecule is CN(C)c1nc(N)nc2c1ncn2[C@@H]1O[C@H](COP(=O)(O)OP(=O)(O)OP(=O)(O)O)[C@@H](O)[C@@]1(C)O. The normalized spacial score (nSPS) is 28.7. The predicted octanol–water partition coefficient (Wildman–Crippen LogP) is -1.17.